The Bertz CT molecular complexity index is 730. The van der Waals surface area contributed by atoms with Gasteiger partial charge in [-0.3, -0.25) is 0 Å². The second-order valence-electron chi connectivity index (χ2n) is 6.28. The maximum Gasteiger partial charge on any atom is 0.139 e. The van der Waals surface area contributed by atoms with Crippen LogP contribution in [-0.4, -0.2) is 48.9 Å². The SMILES string of the molecule is Cc1cc2c(s1)NC1=CC=CCC=C1N=C2N1CCN(C)CC1. The van der Waals surface area contributed by atoms with Crippen molar-refractivity contribution in [2.75, 3.05) is 38.5 Å². The first-order chi connectivity index (χ1) is 11.2. The molecule has 4 rings (SSSR count). The largest absolute Gasteiger partial charge is 0.353 e. The average molecular weight is 326 g/mol. The molecule has 0 radical (unpaired) electrons. The van der Waals surface area contributed by atoms with Gasteiger partial charge in [0.05, 0.1) is 17.0 Å². The van der Waals surface area contributed by atoms with Gasteiger partial charge >= 0.3 is 0 Å². The Morgan fingerprint density at radius 2 is 2.04 bits per heavy atom. The number of allylic oxidation sites excluding steroid dienone is 4. The summed E-state index contributed by atoms with van der Waals surface area (Å²) in [6.07, 6.45) is 9.56. The fourth-order valence-electron chi connectivity index (χ4n) is 3.16. The third-order valence-electron chi connectivity index (χ3n) is 4.50. The lowest BCUT2D eigenvalue weighted by Crippen LogP contribution is -2.47. The first kappa shape index (κ1) is 14.7. The van der Waals surface area contributed by atoms with E-state index in [1.54, 1.807) is 0 Å². The van der Waals surface area contributed by atoms with Crippen LogP contribution >= 0.6 is 11.3 Å². The Labute approximate surface area is 141 Å². The molecule has 0 amide bonds. The molecule has 23 heavy (non-hydrogen) atoms. The van der Waals surface area contributed by atoms with Crippen LogP contribution in [0.3, 0.4) is 0 Å². The molecule has 1 fully saturated rings. The number of hydrogen-bond acceptors (Lipinski definition) is 5. The molecule has 2 aliphatic heterocycles. The Morgan fingerprint density at radius 1 is 1.22 bits per heavy atom. The highest BCUT2D eigenvalue weighted by Gasteiger charge is 2.26. The van der Waals surface area contributed by atoms with Crippen LogP contribution < -0.4 is 5.32 Å². The summed E-state index contributed by atoms with van der Waals surface area (Å²) in [5.41, 5.74) is 3.41. The maximum atomic E-state index is 5.08. The Balaban J connectivity index is 1.79. The molecule has 3 heterocycles. The number of hydrogen-bond donors (Lipinski definition) is 1. The molecule has 1 N–H and O–H groups in total. The van der Waals surface area contributed by atoms with Crippen LogP contribution in [0.2, 0.25) is 0 Å². The Morgan fingerprint density at radius 3 is 2.87 bits per heavy atom. The van der Waals surface area contributed by atoms with Gasteiger partial charge in [-0.15, -0.1) is 11.3 Å². The van der Waals surface area contributed by atoms with Crippen molar-refractivity contribution >= 4 is 22.2 Å². The van der Waals surface area contributed by atoms with Crippen LogP contribution in [0.15, 0.2) is 46.8 Å². The van der Waals surface area contributed by atoms with Crippen LogP contribution in [-0.2, 0) is 0 Å². The maximum absolute atomic E-state index is 5.08. The molecule has 1 aromatic heterocycles. The van der Waals surface area contributed by atoms with Crippen molar-refractivity contribution in [2.24, 2.45) is 4.99 Å². The van der Waals surface area contributed by atoms with Gasteiger partial charge < -0.3 is 15.1 Å². The van der Waals surface area contributed by atoms with Crippen molar-refractivity contribution < 1.29 is 0 Å². The number of aryl methyl sites for hydroxylation is 1. The van der Waals surface area contributed by atoms with Crippen LogP contribution in [0.25, 0.3) is 0 Å². The predicted octanol–water partition coefficient (Wildman–Crippen LogP) is 3.20. The van der Waals surface area contributed by atoms with E-state index < -0.39 is 0 Å². The van der Waals surface area contributed by atoms with E-state index in [2.05, 4.69) is 59.5 Å². The molecule has 0 saturated carbocycles. The predicted molar refractivity (Wildman–Crippen MR) is 98.2 cm³/mol. The fourth-order valence-corrected chi connectivity index (χ4v) is 4.08. The third-order valence-corrected chi connectivity index (χ3v) is 5.46. The zero-order valence-corrected chi connectivity index (χ0v) is 14.5. The van der Waals surface area contributed by atoms with E-state index in [-0.39, 0.29) is 0 Å². The fraction of sp³-hybridized carbons (Fsp3) is 0.389. The van der Waals surface area contributed by atoms with Gasteiger partial charge in [-0.05, 0) is 32.5 Å². The zero-order chi connectivity index (χ0) is 15.8. The van der Waals surface area contributed by atoms with E-state index in [1.807, 2.05) is 11.3 Å². The number of amidine groups is 1. The summed E-state index contributed by atoms with van der Waals surface area (Å²) in [7, 11) is 2.19. The third kappa shape index (κ3) is 2.86. The minimum Gasteiger partial charge on any atom is -0.353 e. The van der Waals surface area contributed by atoms with E-state index in [0.717, 1.165) is 49.8 Å². The first-order valence-electron chi connectivity index (χ1n) is 8.18. The molecule has 1 aliphatic carbocycles. The average Bonchev–Trinajstić information content (AvgIpc) is 2.70. The van der Waals surface area contributed by atoms with Crippen LogP contribution in [0.4, 0.5) is 5.00 Å². The van der Waals surface area contributed by atoms with Gasteiger partial charge in [-0.1, -0.05) is 18.2 Å². The molecular formula is C18H22N4S. The zero-order valence-electron chi connectivity index (χ0n) is 13.7. The molecule has 0 spiro atoms. The highest BCUT2D eigenvalue weighted by Crippen LogP contribution is 2.35. The Kier molecular flexibility index (Phi) is 3.83. The molecule has 0 unspecified atom stereocenters. The monoisotopic (exact) mass is 326 g/mol. The van der Waals surface area contributed by atoms with E-state index in [1.165, 1.54) is 15.4 Å². The smallest absolute Gasteiger partial charge is 0.139 e. The molecule has 1 saturated heterocycles. The van der Waals surface area contributed by atoms with Crippen molar-refractivity contribution in [2.45, 2.75) is 13.3 Å². The number of thiophene rings is 1. The minimum atomic E-state index is 0.934. The van der Waals surface area contributed by atoms with Gasteiger partial charge in [0.15, 0.2) is 0 Å². The van der Waals surface area contributed by atoms with Gasteiger partial charge in [0, 0.05) is 31.1 Å². The van der Waals surface area contributed by atoms with Crippen molar-refractivity contribution in [1.82, 2.24) is 9.80 Å². The number of piperazine rings is 1. The molecule has 1 aromatic rings. The Hall–Kier alpha value is -1.85. The quantitative estimate of drug-likeness (QED) is 0.794. The molecule has 0 bridgehead atoms. The summed E-state index contributed by atoms with van der Waals surface area (Å²) >= 11 is 1.81. The summed E-state index contributed by atoms with van der Waals surface area (Å²) in [5, 5.41) is 4.82. The number of aliphatic imine (C=N–C) groups is 1. The standard InChI is InChI=1S/C18H22N4S/c1-13-12-14-17(22-10-8-21(2)9-11-22)19-15-6-4-3-5-7-16(15)20-18(14)23-13/h3,5-7,12,20H,4,8-11H2,1-2H3. The summed E-state index contributed by atoms with van der Waals surface area (Å²) in [4.78, 5) is 11.2. The lowest BCUT2D eigenvalue weighted by molar-refractivity contribution is 0.216. The molecular weight excluding hydrogens is 304 g/mol. The second kappa shape index (κ2) is 5.98. The lowest BCUT2D eigenvalue weighted by atomic mass is 10.2. The van der Waals surface area contributed by atoms with Gasteiger partial charge in [-0.25, -0.2) is 4.99 Å². The van der Waals surface area contributed by atoms with Gasteiger partial charge in [-0.2, -0.15) is 0 Å². The van der Waals surface area contributed by atoms with Crippen molar-refractivity contribution in [3.05, 3.63) is 52.2 Å². The van der Waals surface area contributed by atoms with E-state index >= 15 is 0 Å². The summed E-state index contributed by atoms with van der Waals surface area (Å²) in [5.74, 6) is 1.13. The number of likely N-dealkylation sites (N-methyl/N-ethyl adjacent to an activating group) is 1. The topological polar surface area (TPSA) is 30.9 Å². The minimum absolute atomic E-state index is 0.934. The lowest BCUT2D eigenvalue weighted by Gasteiger charge is -2.34. The molecule has 5 heteroatoms. The number of fused-ring (bicyclic) bond motifs is 2. The first-order valence-corrected chi connectivity index (χ1v) is 9.00. The van der Waals surface area contributed by atoms with Gasteiger partial charge in [0.1, 0.15) is 10.8 Å². The second-order valence-corrected chi connectivity index (χ2v) is 7.54. The highest BCUT2D eigenvalue weighted by atomic mass is 32.1. The number of anilines is 1. The molecule has 4 nitrogen and oxygen atoms in total. The van der Waals surface area contributed by atoms with Crippen LogP contribution in [0, 0.1) is 6.92 Å². The van der Waals surface area contributed by atoms with E-state index in [4.69, 9.17) is 4.99 Å². The summed E-state index contributed by atoms with van der Waals surface area (Å²) in [6.45, 7) is 6.42. The number of nitrogens with zero attached hydrogens (tertiary/aromatic N) is 3. The normalized spacial score (nSPS) is 21.3. The van der Waals surface area contributed by atoms with Gasteiger partial charge in [0.2, 0.25) is 0 Å². The van der Waals surface area contributed by atoms with E-state index in [0.29, 0.717) is 0 Å². The number of nitrogens with one attached hydrogen (secondary N) is 1. The summed E-state index contributed by atoms with van der Waals surface area (Å²) in [6, 6.07) is 2.27. The van der Waals surface area contributed by atoms with Crippen molar-refractivity contribution in [3.8, 4) is 0 Å². The highest BCUT2D eigenvalue weighted by molar-refractivity contribution is 7.16. The molecule has 0 aromatic carbocycles. The van der Waals surface area contributed by atoms with Crippen molar-refractivity contribution in [1.29, 1.82) is 0 Å². The van der Waals surface area contributed by atoms with E-state index in [9.17, 15) is 0 Å². The molecule has 0 atom stereocenters. The number of rotatable bonds is 0. The molecule has 120 valence electrons. The van der Waals surface area contributed by atoms with Crippen LogP contribution in [0.5, 0.6) is 0 Å². The van der Waals surface area contributed by atoms with Crippen LogP contribution in [0.1, 0.15) is 16.9 Å². The van der Waals surface area contributed by atoms with Gasteiger partial charge in [0.25, 0.3) is 0 Å². The molecule has 3 aliphatic rings. The summed E-state index contributed by atoms with van der Waals surface area (Å²) < 4.78 is 0. The van der Waals surface area contributed by atoms with Crippen molar-refractivity contribution in [3.63, 3.8) is 0 Å².